The number of nitrogens with one attached hydrogen (secondary N) is 2. The zero-order chi connectivity index (χ0) is 8.48. The fourth-order valence-corrected chi connectivity index (χ4v) is 0.790. The lowest BCUT2D eigenvalue weighted by Gasteiger charge is -2.20. The number of carbonyl (C=O) groups is 1. The summed E-state index contributed by atoms with van der Waals surface area (Å²) in [4.78, 5) is 11.1. The monoisotopic (exact) mass is 156 g/mol. The second-order valence-electron chi connectivity index (χ2n) is 4.12. The van der Waals surface area contributed by atoms with Gasteiger partial charge in [-0.15, -0.1) is 0 Å². The summed E-state index contributed by atoms with van der Waals surface area (Å²) in [7, 11) is 0. The molecule has 0 bridgehead atoms. The van der Waals surface area contributed by atoms with Crippen molar-refractivity contribution in [2.45, 2.75) is 45.2 Å². The van der Waals surface area contributed by atoms with Gasteiger partial charge >= 0.3 is 6.03 Å². The Balaban J connectivity index is 2.19. The van der Waals surface area contributed by atoms with Gasteiger partial charge in [-0.3, -0.25) is 0 Å². The van der Waals surface area contributed by atoms with Gasteiger partial charge in [0, 0.05) is 11.6 Å². The van der Waals surface area contributed by atoms with Gasteiger partial charge in [-0.2, -0.15) is 0 Å². The van der Waals surface area contributed by atoms with Gasteiger partial charge in [0.05, 0.1) is 0 Å². The lowest BCUT2D eigenvalue weighted by atomic mass is 10.1. The third kappa shape index (κ3) is 3.86. The zero-order valence-corrected chi connectivity index (χ0v) is 7.40. The molecule has 0 aromatic carbocycles. The fourth-order valence-electron chi connectivity index (χ4n) is 0.790. The van der Waals surface area contributed by atoms with Gasteiger partial charge in [-0.05, 0) is 33.6 Å². The van der Waals surface area contributed by atoms with Crippen molar-refractivity contribution >= 4 is 6.03 Å². The molecule has 1 aliphatic carbocycles. The first-order valence-corrected chi connectivity index (χ1v) is 4.06. The van der Waals surface area contributed by atoms with Gasteiger partial charge in [0.2, 0.25) is 0 Å². The van der Waals surface area contributed by atoms with Crippen LogP contribution in [-0.4, -0.2) is 17.6 Å². The molecule has 1 rings (SSSR count). The van der Waals surface area contributed by atoms with Crippen molar-refractivity contribution < 1.29 is 4.79 Å². The zero-order valence-electron chi connectivity index (χ0n) is 7.40. The summed E-state index contributed by atoms with van der Waals surface area (Å²) in [5.74, 6) is 0. The summed E-state index contributed by atoms with van der Waals surface area (Å²) in [5, 5.41) is 5.70. The summed E-state index contributed by atoms with van der Waals surface area (Å²) in [6, 6.07) is 0.400. The molecule has 0 aliphatic heterocycles. The summed E-state index contributed by atoms with van der Waals surface area (Å²) in [6.45, 7) is 5.92. The van der Waals surface area contributed by atoms with E-state index < -0.39 is 0 Å². The number of rotatable bonds is 1. The third-order valence-corrected chi connectivity index (χ3v) is 1.40. The fraction of sp³-hybridized carbons (Fsp3) is 0.875. The molecular formula is C8H16N2O. The molecule has 1 aliphatic rings. The van der Waals surface area contributed by atoms with Gasteiger partial charge in [0.15, 0.2) is 0 Å². The average molecular weight is 156 g/mol. The highest BCUT2D eigenvalue weighted by Gasteiger charge is 2.24. The number of hydrogen-bond acceptors (Lipinski definition) is 1. The molecule has 3 nitrogen and oxygen atoms in total. The van der Waals surface area contributed by atoms with Gasteiger partial charge < -0.3 is 10.6 Å². The van der Waals surface area contributed by atoms with Crippen LogP contribution in [0.25, 0.3) is 0 Å². The van der Waals surface area contributed by atoms with Crippen molar-refractivity contribution in [1.29, 1.82) is 0 Å². The minimum atomic E-state index is -0.126. The largest absolute Gasteiger partial charge is 0.335 e. The standard InChI is InChI=1S/C8H16N2O/c1-8(2,3)10-7(11)9-6-4-5-6/h6H,4-5H2,1-3H3,(H2,9,10,11). The Morgan fingerprint density at radius 2 is 1.91 bits per heavy atom. The van der Waals surface area contributed by atoms with Crippen LogP contribution in [0, 0.1) is 0 Å². The Bertz CT molecular complexity index is 156. The van der Waals surface area contributed by atoms with Crippen molar-refractivity contribution in [1.82, 2.24) is 10.6 Å². The van der Waals surface area contributed by atoms with Crippen molar-refractivity contribution in [2.75, 3.05) is 0 Å². The van der Waals surface area contributed by atoms with Crippen molar-refractivity contribution in [3.05, 3.63) is 0 Å². The first-order valence-electron chi connectivity index (χ1n) is 4.06. The van der Waals surface area contributed by atoms with E-state index in [0.717, 1.165) is 12.8 Å². The second-order valence-corrected chi connectivity index (χ2v) is 4.12. The molecule has 2 amide bonds. The van der Waals surface area contributed by atoms with Gasteiger partial charge in [0.1, 0.15) is 0 Å². The maximum absolute atomic E-state index is 11.1. The van der Waals surface area contributed by atoms with E-state index >= 15 is 0 Å². The molecule has 0 heterocycles. The predicted octanol–water partition coefficient (Wildman–Crippen LogP) is 1.25. The average Bonchev–Trinajstić information content (AvgIpc) is 2.42. The van der Waals surface area contributed by atoms with Crippen LogP contribution >= 0.6 is 0 Å². The molecule has 64 valence electrons. The topological polar surface area (TPSA) is 41.1 Å². The van der Waals surface area contributed by atoms with E-state index in [0.29, 0.717) is 6.04 Å². The molecule has 3 heteroatoms. The van der Waals surface area contributed by atoms with E-state index in [-0.39, 0.29) is 11.6 Å². The molecule has 0 saturated heterocycles. The summed E-state index contributed by atoms with van der Waals surface area (Å²) >= 11 is 0. The summed E-state index contributed by atoms with van der Waals surface area (Å²) in [5.41, 5.74) is -0.126. The second kappa shape index (κ2) is 2.72. The minimum Gasteiger partial charge on any atom is -0.335 e. The normalized spacial score (nSPS) is 17.7. The highest BCUT2D eigenvalue weighted by atomic mass is 16.2. The third-order valence-electron chi connectivity index (χ3n) is 1.40. The van der Waals surface area contributed by atoms with Crippen molar-refractivity contribution in [3.8, 4) is 0 Å². The number of carbonyl (C=O) groups excluding carboxylic acids is 1. The highest BCUT2D eigenvalue weighted by molar-refractivity contribution is 5.75. The van der Waals surface area contributed by atoms with E-state index in [1.54, 1.807) is 0 Å². The molecule has 0 radical (unpaired) electrons. The Morgan fingerprint density at radius 3 is 2.27 bits per heavy atom. The van der Waals surface area contributed by atoms with Crippen LogP contribution in [-0.2, 0) is 0 Å². The van der Waals surface area contributed by atoms with Gasteiger partial charge in [-0.25, -0.2) is 4.79 Å². The molecule has 1 fully saturated rings. The van der Waals surface area contributed by atoms with Crippen LogP contribution in [0.15, 0.2) is 0 Å². The van der Waals surface area contributed by atoms with E-state index in [2.05, 4.69) is 10.6 Å². The lowest BCUT2D eigenvalue weighted by molar-refractivity contribution is 0.231. The Morgan fingerprint density at radius 1 is 1.36 bits per heavy atom. The van der Waals surface area contributed by atoms with E-state index in [1.165, 1.54) is 0 Å². The minimum absolute atomic E-state index is 0.0417. The van der Waals surface area contributed by atoms with E-state index in [4.69, 9.17) is 0 Å². The maximum Gasteiger partial charge on any atom is 0.315 e. The Kier molecular flexibility index (Phi) is 2.07. The number of amides is 2. The molecule has 0 aromatic rings. The molecule has 11 heavy (non-hydrogen) atoms. The SMILES string of the molecule is CC(C)(C)NC(=O)NC1CC1. The van der Waals surface area contributed by atoms with Gasteiger partial charge in [-0.1, -0.05) is 0 Å². The highest BCUT2D eigenvalue weighted by Crippen LogP contribution is 2.18. The molecule has 0 unspecified atom stereocenters. The van der Waals surface area contributed by atoms with E-state index in [9.17, 15) is 4.79 Å². The Labute approximate surface area is 67.5 Å². The predicted molar refractivity (Wildman–Crippen MR) is 44.4 cm³/mol. The summed E-state index contributed by atoms with van der Waals surface area (Å²) in [6.07, 6.45) is 2.27. The maximum atomic E-state index is 11.1. The molecular weight excluding hydrogens is 140 g/mol. The van der Waals surface area contributed by atoms with Crippen LogP contribution in [0.1, 0.15) is 33.6 Å². The quantitative estimate of drug-likeness (QED) is 0.589. The molecule has 1 saturated carbocycles. The molecule has 0 aromatic heterocycles. The summed E-state index contributed by atoms with van der Waals surface area (Å²) < 4.78 is 0. The first-order chi connectivity index (χ1) is 4.97. The molecule has 0 spiro atoms. The van der Waals surface area contributed by atoms with Crippen LogP contribution in [0.5, 0.6) is 0 Å². The van der Waals surface area contributed by atoms with Crippen molar-refractivity contribution in [2.24, 2.45) is 0 Å². The van der Waals surface area contributed by atoms with E-state index in [1.807, 2.05) is 20.8 Å². The number of hydrogen-bond donors (Lipinski definition) is 2. The van der Waals surface area contributed by atoms with Gasteiger partial charge in [0.25, 0.3) is 0 Å². The van der Waals surface area contributed by atoms with Crippen molar-refractivity contribution in [3.63, 3.8) is 0 Å². The van der Waals surface area contributed by atoms with Crippen LogP contribution in [0.2, 0.25) is 0 Å². The van der Waals surface area contributed by atoms with Crippen LogP contribution in [0.3, 0.4) is 0 Å². The van der Waals surface area contributed by atoms with Crippen LogP contribution < -0.4 is 10.6 Å². The number of urea groups is 1. The lowest BCUT2D eigenvalue weighted by Crippen LogP contribution is -2.47. The Hall–Kier alpha value is -0.730. The molecule has 0 atom stereocenters. The smallest absolute Gasteiger partial charge is 0.315 e. The molecule has 2 N–H and O–H groups in total. The first kappa shape index (κ1) is 8.37. The van der Waals surface area contributed by atoms with Crippen LogP contribution in [0.4, 0.5) is 4.79 Å².